The van der Waals surface area contributed by atoms with Gasteiger partial charge in [-0.3, -0.25) is 11.3 Å². The van der Waals surface area contributed by atoms with Crippen LogP contribution in [-0.4, -0.2) is 6.04 Å². The second kappa shape index (κ2) is 6.50. The highest BCUT2D eigenvalue weighted by Crippen LogP contribution is 2.16. The van der Waals surface area contributed by atoms with Gasteiger partial charge in [0.15, 0.2) is 0 Å². The minimum atomic E-state index is 0.266. The predicted molar refractivity (Wildman–Crippen MR) is 80.9 cm³/mol. The lowest BCUT2D eigenvalue weighted by Gasteiger charge is -2.19. The molecule has 0 aliphatic carbocycles. The van der Waals surface area contributed by atoms with Crippen LogP contribution in [0.4, 0.5) is 0 Å². The zero-order valence-corrected chi connectivity index (χ0v) is 11.7. The van der Waals surface area contributed by atoms with Crippen LogP contribution in [0.5, 0.6) is 0 Å². The van der Waals surface area contributed by atoms with Crippen LogP contribution in [0.1, 0.15) is 22.3 Å². The third kappa shape index (κ3) is 3.66. The van der Waals surface area contributed by atoms with Crippen LogP contribution in [0.15, 0.2) is 48.5 Å². The maximum absolute atomic E-state index is 5.72. The van der Waals surface area contributed by atoms with E-state index in [9.17, 15) is 0 Å². The van der Waals surface area contributed by atoms with Gasteiger partial charge >= 0.3 is 0 Å². The van der Waals surface area contributed by atoms with Crippen LogP contribution >= 0.6 is 0 Å². The predicted octanol–water partition coefficient (Wildman–Crippen LogP) is 2.92. The lowest BCUT2D eigenvalue weighted by Crippen LogP contribution is -2.38. The fourth-order valence-electron chi connectivity index (χ4n) is 2.51. The number of nitrogens with one attached hydrogen (secondary N) is 1. The summed E-state index contributed by atoms with van der Waals surface area (Å²) in [4.78, 5) is 0. The van der Waals surface area contributed by atoms with Crippen LogP contribution in [0.3, 0.4) is 0 Å². The Morgan fingerprint density at radius 1 is 0.895 bits per heavy atom. The molecule has 0 spiro atoms. The highest BCUT2D eigenvalue weighted by molar-refractivity contribution is 5.34. The average molecular weight is 254 g/mol. The van der Waals surface area contributed by atoms with Gasteiger partial charge in [0.2, 0.25) is 0 Å². The van der Waals surface area contributed by atoms with Gasteiger partial charge in [0.1, 0.15) is 0 Å². The molecule has 0 saturated carbocycles. The first-order valence-electron chi connectivity index (χ1n) is 6.76. The summed E-state index contributed by atoms with van der Waals surface area (Å²) in [5.41, 5.74) is 8.36. The normalized spacial score (nSPS) is 12.4. The minimum Gasteiger partial charge on any atom is -0.271 e. The molecule has 0 radical (unpaired) electrons. The van der Waals surface area contributed by atoms with Crippen molar-refractivity contribution in [2.45, 2.75) is 32.7 Å². The monoisotopic (exact) mass is 254 g/mol. The van der Waals surface area contributed by atoms with E-state index in [0.717, 1.165) is 12.8 Å². The molecule has 0 bridgehead atoms. The molecule has 0 saturated heterocycles. The van der Waals surface area contributed by atoms with Crippen molar-refractivity contribution in [3.8, 4) is 0 Å². The van der Waals surface area contributed by atoms with E-state index in [1.54, 1.807) is 0 Å². The molecule has 0 aromatic heterocycles. The van der Waals surface area contributed by atoms with E-state index < -0.39 is 0 Å². The van der Waals surface area contributed by atoms with Gasteiger partial charge in [0.05, 0.1) is 0 Å². The third-order valence-corrected chi connectivity index (χ3v) is 3.66. The second-order valence-electron chi connectivity index (χ2n) is 5.13. The Kier molecular flexibility index (Phi) is 4.72. The van der Waals surface area contributed by atoms with Gasteiger partial charge in [-0.2, -0.15) is 0 Å². The molecule has 0 aliphatic heterocycles. The maximum atomic E-state index is 5.72. The summed E-state index contributed by atoms with van der Waals surface area (Å²) in [5, 5.41) is 0. The molecule has 3 N–H and O–H groups in total. The molecule has 1 unspecified atom stereocenters. The largest absolute Gasteiger partial charge is 0.271 e. The Labute approximate surface area is 115 Å². The molecule has 0 aliphatic rings. The summed E-state index contributed by atoms with van der Waals surface area (Å²) in [5.74, 6) is 5.72. The number of hydrogen-bond donors (Lipinski definition) is 2. The highest BCUT2D eigenvalue weighted by Gasteiger charge is 2.11. The van der Waals surface area contributed by atoms with E-state index >= 15 is 0 Å². The molecule has 0 heterocycles. The van der Waals surface area contributed by atoms with Crippen LogP contribution in [-0.2, 0) is 12.8 Å². The Bertz CT molecular complexity index is 500. The standard InChI is InChI=1S/C17H22N2/c1-13-7-6-8-14(2)17(13)12-16(19-18)11-15-9-4-3-5-10-15/h3-10,16,19H,11-12,18H2,1-2H3. The Morgan fingerprint density at radius 3 is 2.11 bits per heavy atom. The molecule has 2 heteroatoms. The zero-order chi connectivity index (χ0) is 13.7. The van der Waals surface area contributed by atoms with Crippen molar-refractivity contribution >= 4 is 0 Å². The number of nitrogens with two attached hydrogens (primary N) is 1. The van der Waals surface area contributed by atoms with Gasteiger partial charge in [-0.15, -0.1) is 0 Å². The molecule has 19 heavy (non-hydrogen) atoms. The highest BCUT2D eigenvalue weighted by atomic mass is 15.2. The van der Waals surface area contributed by atoms with Crippen molar-refractivity contribution in [3.63, 3.8) is 0 Å². The number of aryl methyl sites for hydroxylation is 2. The quantitative estimate of drug-likeness (QED) is 0.636. The van der Waals surface area contributed by atoms with E-state index in [1.807, 2.05) is 6.07 Å². The van der Waals surface area contributed by atoms with Crippen molar-refractivity contribution in [1.29, 1.82) is 0 Å². The van der Waals surface area contributed by atoms with Crippen molar-refractivity contribution in [2.75, 3.05) is 0 Å². The summed E-state index contributed by atoms with van der Waals surface area (Å²) >= 11 is 0. The van der Waals surface area contributed by atoms with Gasteiger partial charge < -0.3 is 0 Å². The van der Waals surface area contributed by atoms with Gasteiger partial charge in [-0.05, 0) is 48.9 Å². The lowest BCUT2D eigenvalue weighted by atomic mass is 9.93. The fraction of sp³-hybridized carbons (Fsp3) is 0.294. The number of hydrogen-bond acceptors (Lipinski definition) is 2. The average Bonchev–Trinajstić information content (AvgIpc) is 2.43. The first-order valence-corrected chi connectivity index (χ1v) is 6.76. The van der Waals surface area contributed by atoms with Crippen molar-refractivity contribution in [2.24, 2.45) is 5.84 Å². The van der Waals surface area contributed by atoms with E-state index in [0.29, 0.717) is 0 Å². The minimum absolute atomic E-state index is 0.266. The molecular formula is C17H22N2. The number of benzene rings is 2. The Balaban J connectivity index is 2.11. The van der Waals surface area contributed by atoms with Gasteiger partial charge in [0, 0.05) is 6.04 Å². The molecule has 2 aromatic rings. The summed E-state index contributed by atoms with van der Waals surface area (Å²) in [6, 6.07) is 17.2. The SMILES string of the molecule is Cc1cccc(C)c1CC(Cc1ccccc1)NN. The lowest BCUT2D eigenvalue weighted by molar-refractivity contribution is 0.520. The summed E-state index contributed by atoms with van der Waals surface area (Å²) in [6.45, 7) is 4.33. The Morgan fingerprint density at radius 2 is 1.53 bits per heavy atom. The summed E-state index contributed by atoms with van der Waals surface area (Å²) in [7, 11) is 0. The molecule has 2 rings (SSSR count). The van der Waals surface area contributed by atoms with E-state index in [1.165, 1.54) is 22.3 Å². The topological polar surface area (TPSA) is 38.0 Å². The van der Waals surface area contributed by atoms with E-state index in [-0.39, 0.29) is 6.04 Å². The van der Waals surface area contributed by atoms with E-state index in [4.69, 9.17) is 5.84 Å². The second-order valence-corrected chi connectivity index (χ2v) is 5.13. The van der Waals surface area contributed by atoms with Gasteiger partial charge in [-0.25, -0.2) is 0 Å². The van der Waals surface area contributed by atoms with Gasteiger partial charge in [-0.1, -0.05) is 48.5 Å². The Hall–Kier alpha value is -1.64. The maximum Gasteiger partial charge on any atom is 0.0291 e. The van der Waals surface area contributed by atoms with Crippen molar-refractivity contribution in [1.82, 2.24) is 5.43 Å². The molecule has 2 nitrogen and oxygen atoms in total. The summed E-state index contributed by atoms with van der Waals surface area (Å²) < 4.78 is 0. The van der Waals surface area contributed by atoms with Gasteiger partial charge in [0.25, 0.3) is 0 Å². The molecular weight excluding hydrogens is 232 g/mol. The first-order chi connectivity index (χ1) is 9.20. The van der Waals surface area contributed by atoms with Crippen LogP contribution in [0.25, 0.3) is 0 Å². The molecule has 2 aromatic carbocycles. The van der Waals surface area contributed by atoms with Crippen molar-refractivity contribution in [3.05, 3.63) is 70.8 Å². The molecule has 0 amide bonds. The number of hydrazine groups is 1. The molecule has 1 atom stereocenters. The van der Waals surface area contributed by atoms with Crippen LogP contribution in [0, 0.1) is 13.8 Å². The smallest absolute Gasteiger partial charge is 0.0291 e. The third-order valence-electron chi connectivity index (χ3n) is 3.66. The van der Waals surface area contributed by atoms with Crippen molar-refractivity contribution < 1.29 is 0 Å². The molecule has 100 valence electrons. The van der Waals surface area contributed by atoms with Crippen LogP contribution in [0.2, 0.25) is 0 Å². The number of rotatable bonds is 5. The van der Waals surface area contributed by atoms with Crippen LogP contribution < -0.4 is 11.3 Å². The first kappa shape index (κ1) is 13.8. The summed E-state index contributed by atoms with van der Waals surface area (Å²) in [6.07, 6.45) is 1.91. The molecule has 0 fully saturated rings. The fourth-order valence-corrected chi connectivity index (χ4v) is 2.51. The zero-order valence-electron chi connectivity index (χ0n) is 11.7. The van der Waals surface area contributed by atoms with E-state index in [2.05, 4.69) is 61.7 Å².